The fraction of sp³-hybridized carbons (Fsp3) is 0.450. The van der Waals surface area contributed by atoms with Crippen LogP contribution in [0.5, 0.6) is 0 Å². The van der Waals surface area contributed by atoms with Crippen molar-refractivity contribution in [2.45, 2.75) is 44.8 Å². The third-order valence-corrected chi connectivity index (χ3v) is 5.67. The number of alkyl halides is 3. The van der Waals surface area contributed by atoms with Crippen LogP contribution >= 0.6 is 11.6 Å². The lowest BCUT2D eigenvalue weighted by atomic mass is 10.2. The number of aryl methyl sites for hydroxylation is 1. The smallest absolute Gasteiger partial charge is 0.330 e. The summed E-state index contributed by atoms with van der Waals surface area (Å²) in [5.41, 5.74) is -0.368. The number of likely N-dealkylation sites (tertiary alicyclic amines) is 1. The van der Waals surface area contributed by atoms with E-state index in [0.29, 0.717) is 18.7 Å². The van der Waals surface area contributed by atoms with Crippen LogP contribution in [0.25, 0.3) is 5.69 Å². The van der Waals surface area contributed by atoms with Crippen LogP contribution in [-0.4, -0.2) is 39.1 Å². The van der Waals surface area contributed by atoms with Gasteiger partial charge in [-0.15, -0.1) is 0 Å². The van der Waals surface area contributed by atoms with Crippen LogP contribution in [0.3, 0.4) is 0 Å². The van der Waals surface area contributed by atoms with Crippen LogP contribution in [-0.2, 0) is 15.8 Å². The van der Waals surface area contributed by atoms with Gasteiger partial charge in [-0.3, -0.25) is 9.59 Å². The minimum Gasteiger partial charge on any atom is -0.330 e. The number of hydrogen-bond acceptors (Lipinski definition) is 3. The van der Waals surface area contributed by atoms with Crippen LogP contribution in [0.1, 0.15) is 36.9 Å². The quantitative estimate of drug-likeness (QED) is 0.775. The molecule has 1 aromatic heterocycles. The van der Waals surface area contributed by atoms with Crippen LogP contribution in [0.2, 0.25) is 5.02 Å². The molecule has 2 aliphatic rings. The molecule has 1 saturated carbocycles. The molecule has 1 aromatic carbocycles. The second-order valence-electron chi connectivity index (χ2n) is 7.70. The Balaban J connectivity index is 1.61. The van der Waals surface area contributed by atoms with Crippen molar-refractivity contribution >= 4 is 29.2 Å². The summed E-state index contributed by atoms with van der Waals surface area (Å²) < 4.78 is 40.6. The number of benzene rings is 1. The summed E-state index contributed by atoms with van der Waals surface area (Å²) in [6.07, 6.45) is -1.57. The lowest BCUT2D eigenvalue weighted by Gasteiger charge is -2.24. The van der Waals surface area contributed by atoms with Gasteiger partial charge in [0.2, 0.25) is 11.8 Å². The first kappa shape index (κ1) is 20.7. The molecule has 2 fully saturated rings. The topological polar surface area (TPSA) is 67.2 Å². The molecular formula is C20H20ClF3N4O2. The SMILES string of the molecule is Cc1cc(NC(=O)C2CCCN2C(=O)C2CC2)n(-c2cc(C(F)(F)F)ccc2Cl)n1. The molecule has 0 radical (unpaired) electrons. The van der Waals surface area contributed by atoms with E-state index in [2.05, 4.69) is 10.4 Å². The van der Waals surface area contributed by atoms with Gasteiger partial charge in [0, 0.05) is 18.5 Å². The second kappa shape index (κ2) is 7.61. The van der Waals surface area contributed by atoms with Crippen molar-refractivity contribution in [3.8, 4) is 5.69 Å². The average molecular weight is 441 g/mol. The molecule has 4 rings (SSSR count). The first-order chi connectivity index (χ1) is 14.1. The molecule has 0 spiro atoms. The third-order valence-electron chi connectivity index (χ3n) is 5.35. The maximum Gasteiger partial charge on any atom is 0.416 e. The van der Waals surface area contributed by atoms with Gasteiger partial charge in [-0.25, -0.2) is 4.68 Å². The van der Waals surface area contributed by atoms with Gasteiger partial charge in [0.15, 0.2) is 0 Å². The summed E-state index contributed by atoms with van der Waals surface area (Å²) in [7, 11) is 0. The number of nitrogens with one attached hydrogen (secondary N) is 1. The van der Waals surface area contributed by atoms with Gasteiger partial charge in [-0.05, 0) is 50.8 Å². The zero-order chi connectivity index (χ0) is 21.6. The van der Waals surface area contributed by atoms with Crippen molar-refractivity contribution in [2.24, 2.45) is 5.92 Å². The van der Waals surface area contributed by atoms with Gasteiger partial charge < -0.3 is 10.2 Å². The van der Waals surface area contributed by atoms with E-state index >= 15 is 0 Å². The van der Waals surface area contributed by atoms with E-state index in [-0.39, 0.29) is 34.3 Å². The van der Waals surface area contributed by atoms with Crippen molar-refractivity contribution in [3.05, 3.63) is 40.5 Å². The van der Waals surface area contributed by atoms with E-state index in [1.807, 2.05) is 0 Å². The molecule has 10 heteroatoms. The Labute approximate surface area is 176 Å². The highest BCUT2D eigenvalue weighted by Gasteiger charge is 2.41. The number of nitrogens with zero attached hydrogens (tertiary/aromatic N) is 3. The summed E-state index contributed by atoms with van der Waals surface area (Å²) >= 11 is 6.14. The number of halogens is 4. The molecular weight excluding hydrogens is 421 g/mol. The van der Waals surface area contributed by atoms with E-state index in [4.69, 9.17) is 11.6 Å². The van der Waals surface area contributed by atoms with Crippen molar-refractivity contribution < 1.29 is 22.8 Å². The van der Waals surface area contributed by atoms with Crippen LogP contribution in [0, 0.1) is 12.8 Å². The number of anilines is 1. The fourth-order valence-electron chi connectivity index (χ4n) is 3.70. The number of rotatable bonds is 4. The maximum atomic E-state index is 13.1. The number of amides is 2. The summed E-state index contributed by atoms with van der Waals surface area (Å²) in [6.45, 7) is 2.19. The summed E-state index contributed by atoms with van der Waals surface area (Å²) in [5, 5.41) is 7.00. The average Bonchev–Trinajstić information content (AvgIpc) is 3.29. The molecule has 1 N–H and O–H groups in total. The first-order valence-corrected chi connectivity index (χ1v) is 10.1. The van der Waals surface area contributed by atoms with Gasteiger partial charge in [0.25, 0.3) is 0 Å². The maximum absolute atomic E-state index is 13.1. The Bertz CT molecular complexity index is 1000. The predicted molar refractivity (Wildman–Crippen MR) is 104 cm³/mol. The zero-order valence-electron chi connectivity index (χ0n) is 16.2. The molecule has 1 aliphatic carbocycles. The summed E-state index contributed by atoms with van der Waals surface area (Å²) in [4.78, 5) is 27.0. The van der Waals surface area contributed by atoms with Gasteiger partial charge in [0.1, 0.15) is 11.9 Å². The Morgan fingerprint density at radius 2 is 1.93 bits per heavy atom. The highest BCUT2D eigenvalue weighted by molar-refractivity contribution is 6.32. The Morgan fingerprint density at radius 3 is 2.60 bits per heavy atom. The summed E-state index contributed by atoms with van der Waals surface area (Å²) in [5.74, 6) is -0.177. The summed E-state index contributed by atoms with van der Waals surface area (Å²) in [6, 6.07) is 3.88. The van der Waals surface area contributed by atoms with E-state index in [0.717, 1.165) is 37.5 Å². The van der Waals surface area contributed by atoms with Gasteiger partial charge in [-0.2, -0.15) is 18.3 Å². The highest BCUT2D eigenvalue weighted by Crippen LogP contribution is 2.35. The Hall–Kier alpha value is -2.55. The van der Waals surface area contributed by atoms with E-state index < -0.39 is 17.8 Å². The molecule has 1 unspecified atom stereocenters. The molecule has 2 aromatic rings. The molecule has 160 valence electrons. The van der Waals surface area contributed by atoms with E-state index in [9.17, 15) is 22.8 Å². The number of carbonyl (C=O) groups excluding carboxylic acids is 2. The van der Waals surface area contributed by atoms with Crippen LogP contribution < -0.4 is 5.32 Å². The van der Waals surface area contributed by atoms with E-state index in [1.165, 1.54) is 4.68 Å². The Morgan fingerprint density at radius 1 is 1.20 bits per heavy atom. The van der Waals surface area contributed by atoms with Gasteiger partial charge in [0.05, 0.1) is 22.0 Å². The number of carbonyl (C=O) groups is 2. The predicted octanol–water partition coefficient (Wildman–Crippen LogP) is 4.19. The van der Waals surface area contributed by atoms with Crippen LogP contribution in [0.4, 0.5) is 19.0 Å². The molecule has 0 bridgehead atoms. The van der Waals surface area contributed by atoms with Crippen LogP contribution in [0.15, 0.2) is 24.3 Å². The van der Waals surface area contributed by atoms with Crippen molar-refractivity contribution in [3.63, 3.8) is 0 Å². The lowest BCUT2D eigenvalue weighted by Crippen LogP contribution is -2.44. The largest absolute Gasteiger partial charge is 0.416 e. The number of hydrogen-bond donors (Lipinski definition) is 1. The lowest BCUT2D eigenvalue weighted by molar-refractivity contribution is -0.138. The number of aromatic nitrogens is 2. The zero-order valence-corrected chi connectivity index (χ0v) is 16.9. The highest BCUT2D eigenvalue weighted by atomic mass is 35.5. The van der Waals surface area contributed by atoms with Crippen molar-refractivity contribution in [1.82, 2.24) is 14.7 Å². The normalized spacial score (nSPS) is 19.2. The monoisotopic (exact) mass is 440 g/mol. The first-order valence-electron chi connectivity index (χ1n) is 9.70. The van der Waals surface area contributed by atoms with Crippen molar-refractivity contribution in [1.29, 1.82) is 0 Å². The molecule has 30 heavy (non-hydrogen) atoms. The third kappa shape index (κ3) is 4.03. The van der Waals surface area contributed by atoms with Crippen molar-refractivity contribution in [2.75, 3.05) is 11.9 Å². The molecule has 6 nitrogen and oxygen atoms in total. The minimum atomic E-state index is -4.54. The second-order valence-corrected chi connectivity index (χ2v) is 8.11. The standard InChI is InChI=1S/C20H20ClF3N4O2/c1-11-9-17(25-18(29)15-3-2-8-27(15)19(30)12-4-5-12)28(26-11)16-10-13(20(22,23)24)6-7-14(16)21/h6-7,9-10,12,15H,2-5,8H2,1H3,(H,25,29). The fourth-order valence-corrected chi connectivity index (χ4v) is 3.90. The van der Waals surface area contributed by atoms with Gasteiger partial charge in [-0.1, -0.05) is 11.6 Å². The minimum absolute atomic E-state index is 0.00161. The van der Waals surface area contributed by atoms with E-state index in [1.54, 1.807) is 17.9 Å². The Kier molecular flexibility index (Phi) is 5.25. The molecule has 1 aliphatic heterocycles. The molecule has 1 atom stereocenters. The molecule has 2 amide bonds. The molecule has 1 saturated heterocycles. The molecule has 2 heterocycles. The van der Waals surface area contributed by atoms with Gasteiger partial charge >= 0.3 is 6.18 Å².